The van der Waals surface area contributed by atoms with Gasteiger partial charge in [0.25, 0.3) is 0 Å². The minimum atomic E-state index is -3.40. The van der Waals surface area contributed by atoms with Crippen LogP contribution in [0.25, 0.3) is 21.9 Å². The SMILES string of the molecule is CCCCCCCC1CCC(c2cc(F)c(-c3ccc4c(F)c(OC(F)F)c(F)cc4c3)c(F)c2)CC1. The fourth-order valence-electron chi connectivity index (χ4n) is 5.59. The van der Waals surface area contributed by atoms with Gasteiger partial charge in [-0.25, -0.2) is 17.6 Å². The van der Waals surface area contributed by atoms with Gasteiger partial charge in [0.05, 0.1) is 5.56 Å². The minimum absolute atomic E-state index is 0.0231. The van der Waals surface area contributed by atoms with E-state index in [2.05, 4.69) is 11.7 Å². The zero-order chi connectivity index (χ0) is 26.5. The number of halogens is 6. The standard InChI is InChI=1S/C30H32F6O/c1-2-3-4-5-6-7-18-8-10-19(11-9-18)21-15-24(31)27(25(32)16-21)20-12-13-23-22(14-20)17-26(33)29(28(23)34)37-30(35)36/h12-19,30H,2-11H2,1H3. The maximum absolute atomic E-state index is 15.2. The molecule has 0 bridgehead atoms. The molecule has 1 aliphatic rings. The Morgan fingerprint density at radius 3 is 2.14 bits per heavy atom. The van der Waals surface area contributed by atoms with E-state index in [9.17, 15) is 17.6 Å². The normalized spacial score (nSPS) is 18.1. The molecule has 0 atom stereocenters. The maximum Gasteiger partial charge on any atom is 0.387 e. The van der Waals surface area contributed by atoms with E-state index < -0.39 is 35.6 Å². The first-order valence-corrected chi connectivity index (χ1v) is 13.1. The lowest BCUT2D eigenvalue weighted by molar-refractivity contribution is -0.0544. The first-order chi connectivity index (χ1) is 17.8. The highest BCUT2D eigenvalue weighted by Crippen LogP contribution is 2.40. The Labute approximate surface area is 213 Å². The maximum atomic E-state index is 15.2. The Balaban J connectivity index is 1.49. The molecule has 0 aliphatic heterocycles. The molecule has 1 aliphatic carbocycles. The molecule has 1 fully saturated rings. The number of benzene rings is 3. The van der Waals surface area contributed by atoms with E-state index in [-0.39, 0.29) is 27.8 Å². The first-order valence-electron chi connectivity index (χ1n) is 13.1. The van der Waals surface area contributed by atoms with Crippen molar-refractivity contribution < 1.29 is 31.1 Å². The number of hydrogen-bond acceptors (Lipinski definition) is 1. The lowest BCUT2D eigenvalue weighted by atomic mass is 9.76. The van der Waals surface area contributed by atoms with Gasteiger partial charge in [0, 0.05) is 5.39 Å². The highest BCUT2D eigenvalue weighted by molar-refractivity contribution is 5.89. The van der Waals surface area contributed by atoms with Crippen LogP contribution >= 0.6 is 0 Å². The average molecular weight is 523 g/mol. The summed E-state index contributed by atoms with van der Waals surface area (Å²) in [7, 11) is 0. The minimum Gasteiger partial charge on any atom is -0.429 e. The molecule has 0 spiro atoms. The molecule has 1 saturated carbocycles. The molecule has 3 aromatic carbocycles. The van der Waals surface area contributed by atoms with E-state index in [0.29, 0.717) is 11.5 Å². The second-order valence-corrected chi connectivity index (χ2v) is 10.1. The van der Waals surface area contributed by atoms with Crippen molar-refractivity contribution in [2.75, 3.05) is 0 Å². The molecule has 0 aromatic heterocycles. The number of hydrogen-bond donors (Lipinski definition) is 0. The summed E-state index contributed by atoms with van der Waals surface area (Å²) in [4.78, 5) is 0. The van der Waals surface area contributed by atoms with Crippen LogP contribution in [0.4, 0.5) is 26.3 Å². The number of ether oxygens (including phenoxy) is 1. The van der Waals surface area contributed by atoms with Crippen molar-refractivity contribution in [2.45, 2.75) is 83.7 Å². The topological polar surface area (TPSA) is 9.23 Å². The van der Waals surface area contributed by atoms with Crippen molar-refractivity contribution in [1.29, 1.82) is 0 Å². The predicted molar refractivity (Wildman–Crippen MR) is 134 cm³/mol. The van der Waals surface area contributed by atoms with Crippen LogP contribution in [0.15, 0.2) is 36.4 Å². The van der Waals surface area contributed by atoms with Crippen LogP contribution in [-0.2, 0) is 0 Å². The van der Waals surface area contributed by atoms with Gasteiger partial charge >= 0.3 is 6.61 Å². The van der Waals surface area contributed by atoms with E-state index in [0.717, 1.165) is 31.7 Å². The zero-order valence-electron chi connectivity index (χ0n) is 20.9. The molecule has 200 valence electrons. The van der Waals surface area contributed by atoms with E-state index in [1.54, 1.807) is 0 Å². The van der Waals surface area contributed by atoms with E-state index in [4.69, 9.17) is 0 Å². The lowest BCUT2D eigenvalue weighted by Gasteiger charge is -2.29. The van der Waals surface area contributed by atoms with Crippen LogP contribution in [0.3, 0.4) is 0 Å². The van der Waals surface area contributed by atoms with Gasteiger partial charge in [-0.05, 0) is 78.3 Å². The Kier molecular flexibility index (Phi) is 9.04. The van der Waals surface area contributed by atoms with Gasteiger partial charge in [-0.3, -0.25) is 0 Å². The molecule has 0 amide bonds. The first kappa shape index (κ1) is 27.3. The quantitative estimate of drug-likeness (QED) is 0.190. The number of fused-ring (bicyclic) bond motifs is 1. The van der Waals surface area contributed by atoms with Gasteiger partial charge in [0.1, 0.15) is 11.6 Å². The van der Waals surface area contributed by atoms with Crippen molar-refractivity contribution in [1.82, 2.24) is 0 Å². The molecule has 0 unspecified atom stereocenters. The van der Waals surface area contributed by atoms with Crippen LogP contribution in [0, 0.1) is 29.2 Å². The molecule has 0 N–H and O–H groups in total. The Hall–Kier alpha value is -2.70. The van der Waals surface area contributed by atoms with Crippen LogP contribution in [0.1, 0.15) is 82.6 Å². The zero-order valence-corrected chi connectivity index (χ0v) is 20.9. The van der Waals surface area contributed by atoms with E-state index in [1.165, 1.54) is 68.9 Å². The Morgan fingerprint density at radius 2 is 1.49 bits per heavy atom. The van der Waals surface area contributed by atoms with Gasteiger partial charge in [-0.2, -0.15) is 8.78 Å². The molecule has 1 nitrogen and oxygen atoms in total. The Morgan fingerprint density at radius 1 is 0.811 bits per heavy atom. The van der Waals surface area contributed by atoms with Crippen molar-refractivity contribution in [3.05, 3.63) is 65.2 Å². The predicted octanol–water partition coefficient (Wildman–Crippen LogP) is 10.3. The smallest absolute Gasteiger partial charge is 0.387 e. The van der Waals surface area contributed by atoms with Crippen molar-refractivity contribution in [2.24, 2.45) is 5.92 Å². The summed E-state index contributed by atoms with van der Waals surface area (Å²) in [6.45, 7) is -1.19. The summed E-state index contributed by atoms with van der Waals surface area (Å²) in [5, 5.41) is -0.217. The van der Waals surface area contributed by atoms with E-state index >= 15 is 8.78 Å². The molecular weight excluding hydrogens is 490 g/mol. The van der Waals surface area contributed by atoms with E-state index in [1.807, 2.05) is 0 Å². The fraction of sp³-hybridized carbons (Fsp3) is 0.467. The van der Waals surface area contributed by atoms with Gasteiger partial charge in [-0.1, -0.05) is 57.6 Å². The fourth-order valence-corrected chi connectivity index (χ4v) is 5.59. The van der Waals surface area contributed by atoms with Gasteiger partial charge in [0.2, 0.25) is 0 Å². The molecule has 0 radical (unpaired) electrons. The molecule has 7 heteroatoms. The summed E-state index contributed by atoms with van der Waals surface area (Å²) in [5.74, 6) is -4.52. The Bertz CT molecular complexity index is 1190. The number of alkyl halides is 2. The lowest BCUT2D eigenvalue weighted by Crippen LogP contribution is -2.14. The summed E-state index contributed by atoms with van der Waals surface area (Å²) in [6.07, 6.45) is 11.4. The van der Waals surface area contributed by atoms with Crippen molar-refractivity contribution >= 4 is 10.8 Å². The summed E-state index contributed by atoms with van der Waals surface area (Å²) in [6, 6.07) is 7.22. The highest BCUT2D eigenvalue weighted by atomic mass is 19.3. The molecule has 0 saturated heterocycles. The number of rotatable bonds is 10. The van der Waals surface area contributed by atoms with Gasteiger partial charge in [0.15, 0.2) is 17.4 Å². The third kappa shape index (κ3) is 6.42. The monoisotopic (exact) mass is 522 g/mol. The third-order valence-corrected chi connectivity index (χ3v) is 7.58. The second kappa shape index (κ2) is 12.2. The van der Waals surface area contributed by atoms with Crippen molar-refractivity contribution in [3.63, 3.8) is 0 Å². The summed E-state index contributed by atoms with van der Waals surface area (Å²) in [5.41, 5.74) is 0.439. The average Bonchev–Trinajstić information content (AvgIpc) is 2.86. The summed E-state index contributed by atoms with van der Waals surface area (Å²) >= 11 is 0. The van der Waals surface area contributed by atoms with Gasteiger partial charge < -0.3 is 4.74 Å². The van der Waals surface area contributed by atoms with Crippen molar-refractivity contribution in [3.8, 4) is 16.9 Å². The molecule has 0 heterocycles. The summed E-state index contributed by atoms with van der Waals surface area (Å²) < 4.78 is 88.0. The van der Waals surface area contributed by atoms with Crippen LogP contribution in [0.2, 0.25) is 0 Å². The highest BCUT2D eigenvalue weighted by Gasteiger charge is 2.25. The molecular formula is C30H32F6O. The third-order valence-electron chi connectivity index (χ3n) is 7.58. The second-order valence-electron chi connectivity index (χ2n) is 10.1. The molecule has 37 heavy (non-hydrogen) atoms. The van der Waals surface area contributed by atoms with Gasteiger partial charge in [-0.15, -0.1) is 0 Å². The van der Waals surface area contributed by atoms with Crippen LogP contribution in [0.5, 0.6) is 5.75 Å². The molecule has 3 aromatic rings. The van der Waals surface area contributed by atoms with Crippen LogP contribution in [-0.4, -0.2) is 6.61 Å². The van der Waals surface area contributed by atoms with Crippen LogP contribution < -0.4 is 4.74 Å². The number of unbranched alkanes of at least 4 members (excludes halogenated alkanes) is 4. The largest absolute Gasteiger partial charge is 0.429 e. The molecule has 4 rings (SSSR count).